The van der Waals surface area contributed by atoms with E-state index in [0.29, 0.717) is 19.7 Å². The molecule has 27 heavy (non-hydrogen) atoms. The summed E-state index contributed by atoms with van der Waals surface area (Å²) in [6, 6.07) is 16.2. The Labute approximate surface area is 168 Å². The Balaban J connectivity index is 0.00000364. The number of halogens is 1. The number of nitrogens with one attached hydrogen (secondary N) is 1. The molecule has 0 heterocycles. The van der Waals surface area contributed by atoms with Crippen LogP contribution in [0.15, 0.2) is 48.5 Å². The van der Waals surface area contributed by atoms with Gasteiger partial charge in [-0.1, -0.05) is 42.5 Å². The summed E-state index contributed by atoms with van der Waals surface area (Å²) in [6.07, 6.45) is 0. The van der Waals surface area contributed by atoms with Crippen molar-refractivity contribution in [2.75, 3.05) is 41.0 Å². The van der Waals surface area contributed by atoms with Crippen LogP contribution in [0.25, 0.3) is 11.1 Å². The summed E-state index contributed by atoms with van der Waals surface area (Å²) in [7, 11) is 5.15. The number of methoxy groups -OCH3 is 2. The molecule has 0 aliphatic heterocycles. The molecule has 0 aliphatic carbocycles. The first-order valence-corrected chi connectivity index (χ1v) is 8.77. The summed E-state index contributed by atoms with van der Waals surface area (Å²) in [5, 5.41) is 3.09. The topological polar surface area (TPSA) is 50.8 Å². The Morgan fingerprint density at radius 2 is 1.78 bits per heavy atom. The van der Waals surface area contributed by atoms with Crippen molar-refractivity contribution in [2.24, 2.45) is 0 Å². The molecule has 0 bridgehead atoms. The van der Waals surface area contributed by atoms with Gasteiger partial charge in [-0.25, -0.2) is 0 Å². The van der Waals surface area contributed by atoms with Gasteiger partial charge in [0.1, 0.15) is 5.75 Å². The van der Waals surface area contributed by atoms with Crippen molar-refractivity contribution in [3.05, 3.63) is 54.1 Å². The molecule has 1 atom stereocenters. The zero-order valence-corrected chi connectivity index (χ0v) is 17.2. The summed E-state index contributed by atoms with van der Waals surface area (Å²) >= 11 is 0. The molecule has 0 aromatic heterocycles. The molecule has 2 aromatic rings. The van der Waals surface area contributed by atoms with Crippen molar-refractivity contribution in [2.45, 2.75) is 13.0 Å². The number of carbonyl (C=O) groups is 1. The fourth-order valence-electron chi connectivity index (χ4n) is 2.76. The number of ether oxygens (including phenoxy) is 2. The minimum Gasteiger partial charge on any atom is -0.496 e. The van der Waals surface area contributed by atoms with Crippen LogP contribution >= 0.6 is 12.4 Å². The molecule has 2 rings (SSSR count). The van der Waals surface area contributed by atoms with Crippen molar-refractivity contribution in [1.82, 2.24) is 10.2 Å². The van der Waals surface area contributed by atoms with Crippen LogP contribution in [-0.4, -0.2) is 51.8 Å². The molecule has 0 fully saturated rings. The van der Waals surface area contributed by atoms with Gasteiger partial charge in [0, 0.05) is 26.3 Å². The van der Waals surface area contributed by atoms with Crippen LogP contribution in [0.2, 0.25) is 0 Å². The van der Waals surface area contributed by atoms with Gasteiger partial charge < -0.3 is 19.7 Å². The van der Waals surface area contributed by atoms with Gasteiger partial charge in [0.15, 0.2) is 0 Å². The first kappa shape index (κ1) is 23.0. The van der Waals surface area contributed by atoms with E-state index in [1.165, 1.54) is 0 Å². The van der Waals surface area contributed by atoms with Crippen LogP contribution in [0.1, 0.15) is 18.5 Å². The number of amides is 1. The van der Waals surface area contributed by atoms with Crippen LogP contribution in [0, 0.1) is 0 Å². The molecule has 0 spiro atoms. The lowest BCUT2D eigenvalue weighted by molar-refractivity contribution is -0.130. The number of hydrogen-bond acceptors (Lipinski definition) is 4. The molecule has 0 radical (unpaired) electrons. The zero-order chi connectivity index (χ0) is 18.9. The Kier molecular flexibility index (Phi) is 9.86. The molecule has 6 heteroatoms. The third-order valence-corrected chi connectivity index (χ3v) is 4.54. The largest absolute Gasteiger partial charge is 0.496 e. The molecular weight excluding hydrogens is 364 g/mol. The van der Waals surface area contributed by atoms with Gasteiger partial charge in [-0.3, -0.25) is 4.79 Å². The molecule has 5 nitrogen and oxygen atoms in total. The molecule has 0 saturated heterocycles. The van der Waals surface area contributed by atoms with E-state index in [2.05, 4.69) is 29.6 Å². The van der Waals surface area contributed by atoms with Gasteiger partial charge in [-0.15, -0.1) is 12.4 Å². The van der Waals surface area contributed by atoms with E-state index in [1.807, 2.05) is 38.2 Å². The van der Waals surface area contributed by atoms with E-state index < -0.39 is 0 Å². The van der Waals surface area contributed by atoms with Crippen LogP contribution in [-0.2, 0) is 9.53 Å². The van der Waals surface area contributed by atoms with E-state index in [0.717, 1.165) is 22.4 Å². The maximum Gasteiger partial charge on any atom is 0.236 e. The lowest BCUT2D eigenvalue weighted by Gasteiger charge is -2.26. The SMILES string of the molecule is COCCNCC(=O)N(C)C(C)c1ccc(-c2ccccc2OC)cc1.Cl. The lowest BCUT2D eigenvalue weighted by Crippen LogP contribution is -2.38. The summed E-state index contributed by atoms with van der Waals surface area (Å²) in [5.74, 6) is 0.908. The fourth-order valence-corrected chi connectivity index (χ4v) is 2.76. The number of para-hydroxylation sites is 1. The average molecular weight is 393 g/mol. The molecule has 148 valence electrons. The Bertz CT molecular complexity index is 707. The van der Waals surface area contributed by atoms with E-state index in [-0.39, 0.29) is 24.4 Å². The molecule has 1 N–H and O–H groups in total. The first-order valence-electron chi connectivity index (χ1n) is 8.77. The van der Waals surface area contributed by atoms with Crippen LogP contribution in [0.3, 0.4) is 0 Å². The summed E-state index contributed by atoms with van der Waals surface area (Å²) in [5.41, 5.74) is 3.24. The highest BCUT2D eigenvalue weighted by Crippen LogP contribution is 2.30. The lowest BCUT2D eigenvalue weighted by atomic mass is 10.00. The highest BCUT2D eigenvalue weighted by atomic mass is 35.5. The highest BCUT2D eigenvalue weighted by molar-refractivity contribution is 5.85. The summed E-state index contributed by atoms with van der Waals surface area (Å²) < 4.78 is 10.4. The Morgan fingerprint density at radius 1 is 1.11 bits per heavy atom. The van der Waals surface area contributed by atoms with Crippen molar-refractivity contribution < 1.29 is 14.3 Å². The predicted octanol–water partition coefficient (Wildman–Crippen LogP) is 3.54. The van der Waals surface area contributed by atoms with E-state index in [1.54, 1.807) is 19.1 Å². The Hall–Kier alpha value is -2.08. The van der Waals surface area contributed by atoms with Crippen LogP contribution < -0.4 is 10.1 Å². The van der Waals surface area contributed by atoms with Crippen LogP contribution in [0.5, 0.6) is 5.75 Å². The second kappa shape index (κ2) is 11.6. The molecular formula is C21H29ClN2O3. The number of benzene rings is 2. The second-order valence-corrected chi connectivity index (χ2v) is 6.17. The van der Waals surface area contributed by atoms with E-state index >= 15 is 0 Å². The molecule has 2 aromatic carbocycles. The summed E-state index contributed by atoms with van der Waals surface area (Å²) in [6.45, 7) is 3.60. The Morgan fingerprint density at radius 3 is 2.41 bits per heavy atom. The highest BCUT2D eigenvalue weighted by Gasteiger charge is 2.17. The quantitative estimate of drug-likeness (QED) is 0.663. The van der Waals surface area contributed by atoms with Gasteiger partial charge in [0.05, 0.1) is 26.3 Å². The predicted molar refractivity (Wildman–Crippen MR) is 112 cm³/mol. The minimum absolute atomic E-state index is 0. The molecule has 0 saturated carbocycles. The number of likely N-dealkylation sites (N-methyl/N-ethyl adjacent to an activating group) is 1. The smallest absolute Gasteiger partial charge is 0.236 e. The van der Waals surface area contributed by atoms with E-state index in [4.69, 9.17) is 9.47 Å². The number of nitrogens with zero attached hydrogens (tertiary/aromatic N) is 1. The average Bonchev–Trinajstić information content (AvgIpc) is 2.70. The van der Waals surface area contributed by atoms with Crippen LogP contribution in [0.4, 0.5) is 0 Å². The molecule has 1 amide bonds. The van der Waals surface area contributed by atoms with Crippen molar-refractivity contribution in [3.63, 3.8) is 0 Å². The summed E-state index contributed by atoms with van der Waals surface area (Å²) in [4.78, 5) is 14.1. The normalized spacial score (nSPS) is 11.4. The number of carbonyl (C=O) groups excluding carboxylic acids is 1. The van der Waals surface area contributed by atoms with Crippen molar-refractivity contribution in [1.29, 1.82) is 0 Å². The van der Waals surface area contributed by atoms with Gasteiger partial charge in [-0.2, -0.15) is 0 Å². The maximum atomic E-state index is 12.3. The zero-order valence-electron chi connectivity index (χ0n) is 16.4. The number of rotatable bonds is 9. The van der Waals surface area contributed by atoms with Gasteiger partial charge in [-0.05, 0) is 24.1 Å². The number of hydrogen-bond donors (Lipinski definition) is 1. The molecule has 1 unspecified atom stereocenters. The first-order chi connectivity index (χ1) is 12.6. The van der Waals surface area contributed by atoms with Gasteiger partial charge >= 0.3 is 0 Å². The van der Waals surface area contributed by atoms with Gasteiger partial charge in [0.2, 0.25) is 5.91 Å². The van der Waals surface area contributed by atoms with Gasteiger partial charge in [0.25, 0.3) is 0 Å². The minimum atomic E-state index is -0.00144. The monoisotopic (exact) mass is 392 g/mol. The third kappa shape index (κ3) is 6.24. The fraction of sp³-hybridized carbons (Fsp3) is 0.381. The standard InChI is InChI=1S/C21H28N2O3.ClH/c1-16(23(2)21(24)15-22-13-14-25-3)17-9-11-18(12-10-17)19-7-5-6-8-20(19)26-4;/h5-12,16,22H,13-15H2,1-4H3;1H. The third-order valence-electron chi connectivity index (χ3n) is 4.54. The maximum absolute atomic E-state index is 12.3. The molecule has 0 aliphatic rings. The van der Waals surface area contributed by atoms with E-state index in [9.17, 15) is 4.79 Å². The second-order valence-electron chi connectivity index (χ2n) is 6.17. The van der Waals surface area contributed by atoms with Crippen molar-refractivity contribution >= 4 is 18.3 Å². The van der Waals surface area contributed by atoms with Crippen molar-refractivity contribution in [3.8, 4) is 16.9 Å².